The molecule has 0 aliphatic heterocycles. The van der Waals surface area contributed by atoms with Crippen LogP contribution >= 0.6 is 11.3 Å². The molecule has 2 aromatic rings. The molecule has 7 nitrogen and oxygen atoms in total. The number of thiophene rings is 1. The molecule has 0 aliphatic rings. The van der Waals surface area contributed by atoms with Gasteiger partial charge >= 0.3 is 0 Å². The van der Waals surface area contributed by atoms with Crippen molar-refractivity contribution < 1.29 is 23.8 Å². The zero-order valence-electron chi connectivity index (χ0n) is 15.1. The fraction of sp³-hybridized carbons (Fsp3) is 0.333. The first kappa shape index (κ1) is 19.6. The first-order chi connectivity index (χ1) is 12.5. The van der Waals surface area contributed by atoms with Gasteiger partial charge in [0.2, 0.25) is 11.7 Å². The van der Waals surface area contributed by atoms with Gasteiger partial charge < -0.3 is 24.8 Å². The van der Waals surface area contributed by atoms with Gasteiger partial charge in [-0.1, -0.05) is 6.07 Å². The molecule has 0 fully saturated rings. The number of rotatable bonds is 8. The number of amides is 2. The van der Waals surface area contributed by atoms with Crippen LogP contribution in [-0.2, 0) is 4.79 Å². The molecular formula is C18H22N2O5S. The molecule has 0 saturated heterocycles. The maximum Gasteiger partial charge on any atom is 0.251 e. The summed E-state index contributed by atoms with van der Waals surface area (Å²) < 4.78 is 15.7. The lowest BCUT2D eigenvalue weighted by Crippen LogP contribution is -2.37. The van der Waals surface area contributed by atoms with Gasteiger partial charge in [-0.25, -0.2) is 0 Å². The van der Waals surface area contributed by atoms with Crippen molar-refractivity contribution >= 4 is 23.2 Å². The lowest BCUT2D eigenvalue weighted by atomic mass is 10.1. The Kier molecular flexibility index (Phi) is 6.85. The quantitative estimate of drug-likeness (QED) is 0.737. The Balaban J connectivity index is 2.00. The monoisotopic (exact) mass is 378 g/mol. The number of nitrogens with one attached hydrogen (secondary N) is 2. The highest BCUT2D eigenvalue weighted by Gasteiger charge is 2.18. The van der Waals surface area contributed by atoms with Crippen LogP contribution in [0.15, 0.2) is 29.6 Å². The Bertz CT molecular complexity index is 736. The maximum atomic E-state index is 12.4. The van der Waals surface area contributed by atoms with Crippen LogP contribution in [0.25, 0.3) is 0 Å². The Hall–Kier alpha value is -2.74. The van der Waals surface area contributed by atoms with E-state index in [2.05, 4.69) is 10.6 Å². The molecule has 0 aliphatic carbocycles. The van der Waals surface area contributed by atoms with Gasteiger partial charge in [0.25, 0.3) is 5.91 Å². The van der Waals surface area contributed by atoms with Crippen LogP contribution in [0.2, 0.25) is 0 Å². The van der Waals surface area contributed by atoms with Crippen molar-refractivity contribution in [1.29, 1.82) is 0 Å². The number of carbonyl (C=O) groups is 2. The summed E-state index contributed by atoms with van der Waals surface area (Å²) in [6.45, 7) is 1.76. The molecule has 26 heavy (non-hydrogen) atoms. The summed E-state index contributed by atoms with van der Waals surface area (Å²) in [6.07, 6.45) is 0. The summed E-state index contributed by atoms with van der Waals surface area (Å²) >= 11 is 1.56. The minimum Gasteiger partial charge on any atom is -0.493 e. The van der Waals surface area contributed by atoms with E-state index in [4.69, 9.17) is 14.2 Å². The van der Waals surface area contributed by atoms with Gasteiger partial charge in [-0.2, -0.15) is 0 Å². The van der Waals surface area contributed by atoms with Gasteiger partial charge in [0.05, 0.1) is 33.9 Å². The molecule has 0 saturated carbocycles. The Morgan fingerprint density at radius 3 is 2.27 bits per heavy atom. The fourth-order valence-electron chi connectivity index (χ4n) is 2.38. The molecule has 1 aromatic carbocycles. The van der Waals surface area contributed by atoms with Crippen molar-refractivity contribution in [1.82, 2.24) is 10.6 Å². The molecule has 140 valence electrons. The molecule has 0 radical (unpaired) electrons. The van der Waals surface area contributed by atoms with Crippen molar-refractivity contribution in [3.8, 4) is 17.2 Å². The van der Waals surface area contributed by atoms with E-state index >= 15 is 0 Å². The Morgan fingerprint density at radius 2 is 1.77 bits per heavy atom. The van der Waals surface area contributed by atoms with Crippen LogP contribution in [0.3, 0.4) is 0 Å². The van der Waals surface area contributed by atoms with Gasteiger partial charge in [-0.3, -0.25) is 9.59 Å². The summed E-state index contributed by atoms with van der Waals surface area (Å²) in [5, 5.41) is 7.38. The smallest absolute Gasteiger partial charge is 0.251 e. The van der Waals surface area contributed by atoms with Crippen LogP contribution < -0.4 is 24.8 Å². The number of hydrogen-bond acceptors (Lipinski definition) is 6. The molecule has 2 rings (SSSR count). The first-order valence-electron chi connectivity index (χ1n) is 7.91. The van der Waals surface area contributed by atoms with E-state index in [0.29, 0.717) is 22.8 Å². The number of ether oxygens (including phenoxy) is 3. The SMILES string of the molecule is COc1cc(C(=O)NCC(=O)NC(C)c2cccs2)cc(OC)c1OC. The van der Waals surface area contributed by atoms with Crippen LogP contribution in [0.1, 0.15) is 28.2 Å². The van der Waals surface area contributed by atoms with Crippen LogP contribution in [-0.4, -0.2) is 39.7 Å². The fourth-order valence-corrected chi connectivity index (χ4v) is 3.11. The second-order valence-corrected chi connectivity index (χ2v) is 6.38. The number of methoxy groups -OCH3 is 3. The number of benzene rings is 1. The van der Waals surface area contributed by atoms with Gasteiger partial charge in [0, 0.05) is 10.4 Å². The number of carbonyl (C=O) groups excluding carboxylic acids is 2. The van der Waals surface area contributed by atoms with Crippen LogP contribution in [0, 0.1) is 0 Å². The topological polar surface area (TPSA) is 85.9 Å². The van der Waals surface area contributed by atoms with Crippen LogP contribution in [0.5, 0.6) is 17.2 Å². The third-order valence-electron chi connectivity index (χ3n) is 3.68. The predicted molar refractivity (Wildman–Crippen MR) is 99.3 cm³/mol. The van der Waals surface area contributed by atoms with Crippen molar-refractivity contribution in [2.75, 3.05) is 27.9 Å². The third-order valence-corrected chi connectivity index (χ3v) is 4.74. The normalized spacial score (nSPS) is 11.4. The van der Waals surface area contributed by atoms with Crippen molar-refractivity contribution in [3.05, 3.63) is 40.1 Å². The molecular weight excluding hydrogens is 356 g/mol. The summed E-state index contributed by atoms with van der Waals surface area (Å²) in [5.41, 5.74) is 0.304. The van der Waals surface area contributed by atoms with Crippen molar-refractivity contribution in [2.45, 2.75) is 13.0 Å². The second-order valence-electron chi connectivity index (χ2n) is 5.40. The van der Waals surface area contributed by atoms with Crippen molar-refractivity contribution in [3.63, 3.8) is 0 Å². The average Bonchev–Trinajstić information content (AvgIpc) is 3.19. The lowest BCUT2D eigenvalue weighted by molar-refractivity contribution is -0.120. The van der Waals surface area contributed by atoms with Crippen LogP contribution in [0.4, 0.5) is 0 Å². The van der Waals surface area contributed by atoms with E-state index < -0.39 is 5.91 Å². The van der Waals surface area contributed by atoms with Gasteiger partial charge in [-0.15, -0.1) is 11.3 Å². The molecule has 1 atom stereocenters. The van der Waals surface area contributed by atoms with Gasteiger partial charge in [-0.05, 0) is 30.5 Å². The molecule has 2 N–H and O–H groups in total. The molecule has 2 amide bonds. The summed E-state index contributed by atoms with van der Waals surface area (Å²) in [4.78, 5) is 25.4. The largest absolute Gasteiger partial charge is 0.493 e. The van der Waals surface area contributed by atoms with E-state index in [1.807, 2.05) is 24.4 Å². The molecule has 8 heteroatoms. The lowest BCUT2D eigenvalue weighted by Gasteiger charge is -2.15. The highest BCUT2D eigenvalue weighted by molar-refractivity contribution is 7.10. The summed E-state index contributed by atoms with van der Waals surface area (Å²) in [7, 11) is 4.43. The van der Waals surface area contributed by atoms with E-state index in [-0.39, 0.29) is 18.5 Å². The zero-order chi connectivity index (χ0) is 19.1. The minimum absolute atomic E-state index is 0.111. The van der Waals surface area contributed by atoms with E-state index in [1.54, 1.807) is 11.3 Å². The third kappa shape index (κ3) is 4.66. The Labute approximate surface area is 156 Å². The summed E-state index contributed by atoms with van der Waals surface area (Å²) in [5.74, 6) is 0.449. The molecule has 0 spiro atoms. The standard InChI is InChI=1S/C18H22N2O5S/c1-11(15-6-5-7-26-15)20-16(21)10-19-18(22)12-8-13(23-2)17(25-4)14(9-12)24-3/h5-9,11H,10H2,1-4H3,(H,19,22)(H,20,21). The van der Waals surface area contributed by atoms with E-state index in [1.165, 1.54) is 33.5 Å². The molecule has 1 heterocycles. The minimum atomic E-state index is -0.414. The number of hydrogen-bond donors (Lipinski definition) is 2. The maximum absolute atomic E-state index is 12.4. The van der Waals surface area contributed by atoms with Gasteiger partial charge in [0.1, 0.15) is 0 Å². The van der Waals surface area contributed by atoms with Crippen molar-refractivity contribution in [2.24, 2.45) is 0 Å². The predicted octanol–water partition coefficient (Wildman–Crippen LogP) is 2.38. The van der Waals surface area contributed by atoms with E-state index in [0.717, 1.165) is 4.88 Å². The van der Waals surface area contributed by atoms with E-state index in [9.17, 15) is 9.59 Å². The van der Waals surface area contributed by atoms with Gasteiger partial charge in [0.15, 0.2) is 11.5 Å². The first-order valence-corrected chi connectivity index (χ1v) is 8.79. The zero-order valence-corrected chi connectivity index (χ0v) is 15.9. The molecule has 0 bridgehead atoms. The summed E-state index contributed by atoms with van der Waals surface area (Å²) in [6, 6.07) is 6.82. The molecule has 1 aromatic heterocycles. The highest BCUT2D eigenvalue weighted by Crippen LogP contribution is 2.38. The Morgan fingerprint density at radius 1 is 1.12 bits per heavy atom. The second kappa shape index (κ2) is 9.10. The molecule has 1 unspecified atom stereocenters. The highest BCUT2D eigenvalue weighted by atomic mass is 32.1. The average molecular weight is 378 g/mol.